The van der Waals surface area contributed by atoms with E-state index >= 15 is 0 Å². The van der Waals surface area contributed by atoms with Crippen LogP contribution in [0.1, 0.15) is 32.6 Å². The molecule has 1 rings (SSSR count). The maximum Gasteiger partial charge on any atom is 0.222 e. The van der Waals surface area contributed by atoms with Gasteiger partial charge in [-0.2, -0.15) is 0 Å². The van der Waals surface area contributed by atoms with Crippen LogP contribution < -0.4 is 5.32 Å². The van der Waals surface area contributed by atoms with Gasteiger partial charge in [0.15, 0.2) is 0 Å². The number of likely N-dealkylation sites (tertiary alicyclic amines) is 1. The molecule has 0 saturated carbocycles. The van der Waals surface area contributed by atoms with Gasteiger partial charge in [-0.15, -0.1) is 0 Å². The Morgan fingerprint density at radius 3 is 3.00 bits per heavy atom. The molecule has 1 aliphatic heterocycles. The fraction of sp³-hybridized carbons (Fsp3) is 0.917. The minimum absolute atomic E-state index is 0.175. The predicted octanol–water partition coefficient (Wildman–Crippen LogP) is 1.01. The molecule has 2 unspecified atom stereocenters. The standard InChI is InChI=1S/C12H24N2O2/c1-10(16-3)6-7-12(15)14-8-4-5-11(9-14)13-2/h10-11,13H,4-9H2,1-3H3. The van der Waals surface area contributed by atoms with Gasteiger partial charge in [0.25, 0.3) is 0 Å². The van der Waals surface area contributed by atoms with E-state index in [0.29, 0.717) is 12.5 Å². The molecule has 1 amide bonds. The number of carbonyl (C=O) groups is 1. The lowest BCUT2D eigenvalue weighted by Crippen LogP contribution is -2.47. The maximum absolute atomic E-state index is 11.9. The van der Waals surface area contributed by atoms with Crippen molar-refractivity contribution in [2.75, 3.05) is 27.2 Å². The van der Waals surface area contributed by atoms with E-state index in [-0.39, 0.29) is 12.0 Å². The molecule has 94 valence electrons. The van der Waals surface area contributed by atoms with Gasteiger partial charge in [-0.05, 0) is 33.2 Å². The first-order valence-electron chi connectivity index (χ1n) is 6.15. The summed E-state index contributed by atoms with van der Waals surface area (Å²) in [5, 5.41) is 3.25. The number of hydrogen-bond donors (Lipinski definition) is 1. The van der Waals surface area contributed by atoms with Crippen LogP contribution in [0.15, 0.2) is 0 Å². The van der Waals surface area contributed by atoms with Gasteiger partial charge in [-0.1, -0.05) is 0 Å². The van der Waals surface area contributed by atoms with Crippen molar-refractivity contribution in [1.29, 1.82) is 0 Å². The maximum atomic E-state index is 11.9. The highest BCUT2D eigenvalue weighted by atomic mass is 16.5. The lowest BCUT2D eigenvalue weighted by atomic mass is 10.1. The minimum atomic E-state index is 0.175. The van der Waals surface area contributed by atoms with E-state index < -0.39 is 0 Å². The van der Waals surface area contributed by atoms with Crippen molar-refractivity contribution in [2.45, 2.75) is 44.8 Å². The number of nitrogens with one attached hydrogen (secondary N) is 1. The van der Waals surface area contributed by atoms with Crippen LogP contribution in [0.4, 0.5) is 0 Å². The van der Waals surface area contributed by atoms with Crippen LogP contribution in [-0.2, 0) is 9.53 Å². The molecule has 16 heavy (non-hydrogen) atoms. The molecule has 1 fully saturated rings. The highest BCUT2D eigenvalue weighted by Crippen LogP contribution is 2.12. The predicted molar refractivity (Wildman–Crippen MR) is 64.4 cm³/mol. The van der Waals surface area contributed by atoms with Gasteiger partial charge >= 0.3 is 0 Å². The molecular weight excluding hydrogens is 204 g/mol. The average molecular weight is 228 g/mol. The molecule has 1 heterocycles. The smallest absolute Gasteiger partial charge is 0.222 e. The van der Waals surface area contributed by atoms with E-state index in [1.165, 1.54) is 6.42 Å². The molecule has 1 aliphatic rings. The summed E-state index contributed by atoms with van der Waals surface area (Å²) in [7, 11) is 3.65. The first-order valence-corrected chi connectivity index (χ1v) is 6.15. The summed E-state index contributed by atoms with van der Waals surface area (Å²) in [5.41, 5.74) is 0. The third-order valence-corrected chi connectivity index (χ3v) is 3.35. The minimum Gasteiger partial charge on any atom is -0.382 e. The number of amides is 1. The molecule has 0 aliphatic carbocycles. The third-order valence-electron chi connectivity index (χ3n) is 3.35. The molecule has 4 nitrogen and oxygen atoms in total. The van der Waals surface area contributed by atoms with Gasteiger partial charge in [-0.25, -0.2) is 0 Å². The SMILES string of the molecule is CNC1CCCN(C(=O)CCC(C)OC)C1. The lowest BCUT2D eigenvalue weighted by Gasteiger charge is -2.32. The summed E-state index contributed by atoms with van der Waals surface area (Å²) >= 11 is 0. The first-order chi connectivity index (χ1) is 7.67. The Kier molecular flexibility index (Phi) is 5.77. The zero-order valence-corrected chi connectivity index (χ0v) is 10.7. The summed E-state index contributed by atoms with van der Waals surface area (Å²) in [6.07, 6.45) is 3.88. The molecule has 0 aromatic rings. The van der Waals surface area contributed by atoms with Crippen LogP contribution in [-0.4, -0.2) is 50.2 Å². The van der Waals surface area contributed by atoms with Gasteiger partial charge in [0.1, 0.15) is 0 Å². The van der Waals surface area contributed by atoms with E-state index in [9.17, 15) is 4.79 Å². The van der Waals surface area contributed by atoms with Gasteiger partial charge in [-0.3, -0.25) is 4.79 Å². The molecule has 0 aromatic carbocycles. The zero-order chi connectivity index (χ0) is 12.0. The normalized spacial score (nSPS) is 23.2. The van der Waals surface area contributed by atoms with Gasteiger partial charge in [0.05, 0.1) is 6.10 Å². The van der Waals surface area contributed by atoms with E-state index in [2.05, 4.69) is 5.32 Å². The van der Waals surface area contributed by atoms with Crippen molar-refractivity contribution >= 4 is 5.91 Å². The fourth-order valence-electron chi connectivity index (χ4n) is 2.04. The Morgan fingerprint density at radius 1 is 1.62 bits per heavy atom. The number of hydrogen-bond acceptors (Lipinski definition) is 3. The second-order valence-electron chi connectivity index (χ2n) is 4.55. The first kappa shape index (κ1) is 13.5. The topological polar surface area (TPSA) is 41.6 Å². The monoisotopic (exact) mass is 228 g/mol. The van der Waals surface area contributed by atoms with Gasteiger partial charge in [0.2, 0.25) is 5.91 Å². The fourth-order valence-corrected chi connectivity index (χ4v) is 2.04. The highest BCUT2D eigenvalue weighted by Gasteiger charge is 2.22. The summed E-state index contributed by atoms with van der Waals surface area (Å²) in [6.45, 7) is 3.77. The molecule has 1 N–H and O–H groups in total. The number of likely N-dealkylation sites (N-methyl/N-ethyl adjacent to an activating group) is 1. The summed E-state index contributed by atoms with van der Waals surface area (Å²) in [6, 6.07) is 0.470. The van der Waals surface area contributed by atoms with Crippen LogP contribution in [0.2, 0.25) is 0 Å². The highest BCUT2D eigenvalue weighted by molar-refractivity contribution is 5.76. The summed E-state index contributed by atoms with van der Waals surface area (Å²) in [5.74, 6) is 0.267. The molecule has 0 aromatic heterocycles. The van der Waals surface area contributed by atoms with Crippen molar-refractivity contribution in [3.8, 4) is 0 Å². The number of piperidine rings is 1. The molecule has 4 heteroatoms. The third kappa shape index (κ3) is 4.10. The van der Waals surface area contributed by atoms with Crippen LogP contribution in [0, 0.1) is 0 Å². The van der Waals surface area contributed by atoms with Gasteiger partial charge in [0, 0.05) is 32.7 Å². The Bertz CT molecular complexity index is 221. The summed E-state index contributed by atoms with van der Waals surface area (Å²) in [4.78, 5) is 13.9. The van der Waals surface area contributed by atoms with Crippen LogP contribution >= 0.6 is 0 Å². The number of carbonyl (C=O) groups excluding carboxylic acids is 1. The Balaban J connectivity index is 2.30. The van der Waals surface area contributed by atoms with Crippen molar-refractivity contribution < 1.29 is 9.53 Å². The number of rotatable bonds is 5. The Hall–Kier alpha value is -0.610. The Labute approximate surface area is 98.3 Å². The number of nitrogens with zero attached hydrogens (tertiary/aromatic N) is 1. The largest absolute Gasteiger partial charge is 0.382 e. The van der Waals surface area contributed by atoms with Crippen LogP contribution in [0.5, 0.6) is 0 Å². The molecular formula is C12H24N2O2. The molecule has 0 spiro atoms. The van der Waals surface area contributed by atoms with Crippen molar-refractivity contribution in [1.82, 2.24) is 10.2 Å². The molecule has 1 saturated heterocycles. The van der Waals surface area contributed by atoms with Crippen molar-refractivity contribution in [2.24, 2.45) is 0 Å². The lowest BCUT2D eigenvalue weighted by molar-refractivity contribution is -0.133. The van der Waals surface area contributed by atoms with E-state index in [1.807, 2.05) is 18.9 Å². The van der Waals surface area contributed by atoms with E-state index in [1.54, 1.807) is 7.11 Å². The molecule has 0 radical (unpaired) electrons. The zero-order valence-electron chi connectivity index (χ0n) is 10.7. The quantitative estimate of drug-likeness (QED) is 0.763. The summed E-state index contributed by atoms with van der Waals surface area (Å²) < 4.78 is 5.15. The second kappa shape index (κ2) is 6.86. The van der Waals surface area contributed by atoms with Crippen LogP contribution in [0.3, 0.4) is 0 Å². The average Bonchev–Trinajstić information content (AvgIpc) is 2.35. The van der Waals surface area contributed by atoms with Crippen molar-refractivity contribution in [3.63, 3.8) is 0 Å². The number of methoxy groups -OCH3 is 1. The van der Waals surface area contributed by atoms with E-state index in [4.69, 9.17) is 4.74 Å². The van der Waals surface area contributed by atoms with Gasteiger partial charge < -0.3 is 15.0 Å². The number of ether oxygens (including phenoxy) is 1. The Morgan fingerprint density at radius 2 is 2.38 bits per heavy atom. The van der Waals surface area contributed by atoms with E-state index in [0.717, 1.165) is 25.9 Å². The van der Waals surface area contributed by atoms with Crippen molar-refractivity contribution in [3.05, 3.63) is 0 Å². The second-order valence-corrected chi connectivity index (χ2v) is 4.55. The van der Waals surface area contributed by atoms with Crippen LogP contribution in [0.25, 0.3) is 0 Å². The molecule has 0 bridgehead atoms. The molecule has 2 atom stereocenters.